The molecule has 2 aliphatic heterocycles. The van der Waals surface area contributed by atoms with E-state index in [2.05, 4.69) is 4.90 Å². The predicted octanol–water partition coefficient (Wildman–Crippen LogP) is 0.819. The van der Waals surface area contributed by atoms with Gasteiger partial charge in [-0.3, -0.25) is 9.69 Å². The summed E-state index contributed by atoms with van der Waals surface area (Å²) in [7, 11) is 0. The fourth-order valence-corrected chi connectivity index (χ4v) is 2.70. The van der Waals surface area contributed by atoms with E-state index in [0.717, 1.165) is 45.8 Å². The maximum atomic E-state index is 11.7. The van der Waals surface area contributed by atoms with E-state index in [-0.39, 0.29) is 18.1 Å². The summed E-state index contributed by atoms with van der Waals surface area (Å²) >= 11 is 0. The second kappa shape index (κ2) is 7.07. The molecule has 2 atom stereocenters. The third kappa shape index (κ3) is 3.67. The first-order valence-electron chi connectivity index (χ1n) is 6.90. The molecule has 5 nitrogen and oxygen atoms in total. The Kier molecular flexibility index (Phi) is 5.41. The topological polar surface area (TPSA) is 48.0 Å². The van der Waals surface area contributed by atoms with Gasteiger partial charge < -0.3 is 14.2 Å². The summed E-state index contributed by atoms with van der Waals surface area (Å²) in [5, 5.41) is 0. The highest BCUT2D eigenvalue weighted by molar-refractivity contribution is 5.70. The Labute approximate surface area is 108 Å². The summed E-state index contributed by atoms with van der Waals surface area (Å²) in [6.45, 7) is 6.34. The molecule has 0 aromatic carbocycles. The van der Waals surface area contributed by atoms with Gasteiger partial charge in [0.15, 0.2) is 0 Å². The Balaban J connectivity index is 1.94. The van der Waals surface area contributed by atoms with Gasteiger partial charge in [0.25, 0.3) is 0 Å². The van der Waals surface area contributed by atoms with Crippen LogP contribution < -0.4 is 0 Å². The molecule has 2 rings (SSSR count). The van der Waals surface area contributed by atoms with Crippen LogP contribution in [0.5, 0.6) is 0 Å². The smallest absolute Gasteiger partial charge is 0.307 e. The molecule has 0 aromatic heterocycles. The number of hydrogen-bond acceptors (Lipinski definition) is 5. The van der Waals surface area contributed by atoms with Crippen LogP contribution in [-0.4, -0.2) is 62.5 Å². The van der Waals surface area contributed by atoms with Crippen LogP contribution in [0.2, 0.25) is 0 Å². The second-order valence-corrected chi connectivity index (χ2v) is 4.78. The number of nitrogens with zero attached hydrogens (tertiary/aromatic N) is 1. The zero-order valence-electron chi connectivity index (χ0n) is 11.1. The van der Waals surface area contributed by atoms with Gasteiger partial charge >= 0.3 is 5.97 Å². The van der Waals surface area contributed by atoms with Crippen molar-refractivity contribution in [1.29, 1.82) is 0 Å². The Hall–Kier alpha value is -0.650. The Bertz CT molecular complexity index is 260. The molecule has 0 N–H and O–H groups in total. The van der Waals surface area contributed by atoms with Crippen molar-refractivity contribution < 1.29 is 19.0 Å². The van der Waals surface area contributed by atoms with Gasteiger partial charge in [-0.05, 0) is 19.8 Å². The van der Waals surface area contributed by atoms with Gasteiger partial charge in [-0.2, -0.15) is 0 Å². The average molecular weight is 257 g/mol. The fourth-order valence-electron chi connectivity index (χ4n) is 2.70. The van der Waals surface area contributed by atoms with E-state index < -0.39 is 0 Å². The summed E-state index contributed by atoms with van der Waals surface area (Å²) in [5.74, 6) is -0.121. The quantitative estimate of drug-likeness (QED) is 0.682. The monoisotopic (exact) mass is 257 g/mol. The minimum absolute atomic E-state index is 0.121. The van der Waals surface area contributed by atoms with Crippen LogP contribution >= 0.6 is 0 Å². The van der Waals surface area contributed by atoms with Crippen LogP contribution in [0.25, 0.3) is 0 Å². The number of rotatable bonds is 5. The molecule has 0 spiro atoms. The lowest BCUT2D eigenvalue weighted by molar-refractivity contribution is -0.146. The van der Waals surface area contributed by atoms with Gasteiger partial charge in [-0.15, -0.1) is 0 Å². The summed E-state index contributed by atoms with van der Waals surface area (Å²) in [6.07, 6.45) is 2.74. The largest absolute Gasteiger partial charge is 0.466 e. The second-order valence-electron chi connectivity index (χ2n) is 4.78. The standard InChI is InChI=1S/C13H23NO4/c1-2-17-13(15)10-11(12-4-3-7-18-12)14-5-8-16-9-6-14/h11-12H,2-10H2,1H3. The zero-order chi connectivity index (χ0) is 12.8. The number of carbonyl (C=O) groups is 1. The van der Waals surface area contributed by atoms with E-state index in [1.807, 2.05) is 6.92 Å². The van der Waals surface area contributed by atoms with Crippen molar-refractivity contribution in [2.24, 2.45) is 0 Å². The minimum Gasteiger partial charge on any atom is -0.466 e. The molecule has 2 unspecified atom stereocenters. The first-order valence-corrected chi connectivity index (χ1v) is 6.90. The summed E-state index contributed by atoms with van der Waals surface area (Å²) in [4.78, 5) is 14.0. The molecule has 104 valence electrons. The molecule has 0 bridgehead atoms. The van der Waals surface area contributed by atoms with Crippen molar-refractivity contribution in [2.75, 3.05) is 39.5 Å². The van der Waals surface area contributed by atoms with Gasteiger partial charge in [0.1, 0.15) is 0 Å². The van der Waals surface area contributed by atoms with Crippen molar-refractivity contribution >= 4 is 5.97 Å². The summed E-state index contributed by atoms with van der Waals surface area (Å²) in [6, 6.07) is 0.149. The van der Waals surface area contributed by atoms with E-state index in [1.165, 1.54) is 0 Å². The van der Waals surface area contributed by atoms with Crippen molar-refractivity contribution in [3.8, 4) is 0 Å². The van der Waals surface area contributed by atoms with Gasteiger partial charge in [0.05, 0.1) is 32.3 Å². The fraction of sp³-hybridized carbons (Fsp3) is 0.923. The molecule has 0 aromatic rings. The van der Waals surface area contributed by atoms with Crippen LogP contribution in [0, 0.1) is 0 Å². The average Bonchev–Trinajstić information content (AvgIpc) is 2.91. The highest BCUT2D eigenvalue weighted by Crippen LogP contribution is 2.23. The molecule has 2 heterocycles. The first-order chi connectivity index (χ1) is 8.81. The van der Waals surface area contributed by atoms with Crippen molar-refractivity contribution in [2.45, 2.75) is 38.3 Å². The molecule has 0 radical (unpaired) electrons. The Morgan fingerprint density at radius 2 is 2.17 bits per heavy atom. The van der Waals surface area contributed by atoms with Gasteiger partial charge in [-0.25, -0.2) is 0 Å². The van der Waals surface area contributed by atoms with Crippen LogP contribution in [0.4, 0.5) is 0 Å². The Morgan fingerprint density at radius 1 is 1.39 bits per heavy atom. The van der Waals surface area contributed by atoms with E-state index in [0.29, 0.717) is 13.0 Å². The van der Waals surface area contributed by atoms with E-state index in [1.54, 1.807) is 0 Å². The number of carbonyl (C=O) groups excluding carboxylic acids is 1. The summed E-state index contributed by atoms with van der Waals surface area (Å²) < 4.78 is 16.2. The molecule has 5 heteroatoms. The van der Waals surface area contributed by atoms with Crippen LogP contribution in [-0.2, 0) is 19.0 Å². The summed E-state index contributed by atoms with van der Waals surface area (Å²) in [5.41, 5.74) is 0. The maximum Gasteiger partial charge on any atom is 0.307 e. The highest BCUT2D eigenvalue weighted by atomic mass is 16.5. The van der Waals surface area contributed by atoms with Crippen molar-refractivity contribution in [1.82, 2.24) is 4.90 Å². The lowest BCUT2D eigenvalue weighted by Crippen LogP contribution is -2.50. The molecule has 2 saturated heterocycles. The molecule has 18 heavy (non-hydrogen) atoms. The van der Waals surface area contributed by atoms with Crippen molar-refractivity contribution in [3.05, 3.63) is 0 Å². The minimum atomic E-state index is -0.121. The predicted molar refractivity (Wildman–Crippen MR) is 66.4 cm³/mol. The first kappa shape index (κ1) is 13.8. The molecule has 0 saturated carbocycles. The van der Waals surface area contributed by atoms with E-state index in [4.69, 9.17) is 14.2 Å². The number of morpholine rings is 1. The normalized spacial score (nSPS) is 27.1. The number of ether oxygens (including phenoxy) is 3. The molecule has 2 aliphatic rings. The maximum absolute atomic E-state index is 11.7. The number of esters is 1. The Morgan fingerprint density at radius 3 is 2.78 bits per heavy atom. The van der Waals surface area contributed by atoms with Crippen molar-refractivity contribution in [3.63, 3.8) is 0 Å². The third-order valence-corrected chi connectivity index (χ3v) is 3.59. The highest BCUT2D eigenvalue weighted by Gasteiger charge is 2.33. The van der Waals surface area contributed by atoms with Gasteiger partial charge in [-0.1, -0.05) is 0 Å². The molecular weight excluding hydrogens is 234 g/mol. The van der Waals surface area contributed by atoms with Crippen LogP contribution in [0.3, 0.4) is 0 Å². The third-order valence-electron chi connectivity index (χ3n) is 3.59. The molecule has 2 fully saturated rings. The van der Waals surface area contributed by atoms with Crippen LogP contribution in [0.15, 0.2) is 0 Å². The zero-order valence-corrected chi connectivity index (χ0v) is 11.1. The van der Waals surface area contributed by atoms with Gasteiger partial charge in [0.2, 0.25) is 0 Å². The number of hydrogen-bond donors (Lipinski definition) is 0. The van der Waals surface area contributed by atoms with E-state index >= 15 is 0 Å². The lowest BCUT2D eigenvalue weighted by atomic mass is 10.0. The molecular formula is C13H23NO4. The van der Waals surface area contributed by atoms with E-state index in [9.17, 15) is 4.79 Å². The van der Waals surface area contributed by atoms with Gasteiger partial charge in [0, 0.05) is 25.7 Å². The molecule has 0 amide bonds. The molecule has 0 aliphatic carbocycles. The lowest BCUT2D eigenvalue weighted by Gasteiger charge is -2.36. The SMILES string of the molecule is CCOC(=O)CC(C1CCCO1)N1CCOCC1. The van der Waals surface area contributed by atoms with Crippen LogP contribution in [0.1, 0.15) is 26.2 Å².